The first-order valence-electron chi connectivity index (χ1n) is 6.93. The maximum Gasteiger partial charge on any atom is 0.0616 e. The van der Waals surface area contributed by atoms with Crippen molar-refractivity contribution < 1.29 is 4.74 Å². The summed E-state index contributed by atoms with van der Waals surface area (Å²) in [6, 6.07) is 0. The molecule has 1 aliphatic heterocycles. The Labute approximate surface area is 107 Å². The Morgan fingerprint density at radius 3 is 2.59 bits per heavy atom. The van der Waals surface area contributed by atoms with E-state index in [1.807, 2.05) is 0 Å². The molecule has 0 saturated carbocycles. The first kappa shape index (κ1) is 14.7. The van der Waals surface area contributed by atoms with Gasteiger partial charge >= 0.3 is 0 Å². The highest BCUT2D eigenvalue weighted by molar-refractivity contribution is 5.01. The molecule has 1 rings (SSSR count). The van der Waals surface area contributed by atoms with Gasteiger partial charge in [-0.1, -0.05) is 11.6 Å². The number of hydrogen-bond donors (Lipinski definition) is 1. The van der Waals surface area contributed by atoms with Gasteiger partial charge < -0.3 is 10.1 Å². The highest BCUT2D eigenvalue weighted by atomic mass is 16.5. The average molecular weight is 239 g/mol. The molecular weight excluding hydrogens is 210 g/mol. The molecule has 0 amide bonds. The lowest BCUT2D eigenvalue weighted by Gasteiger charge is -2.20. The molecule has 1 N–H and O–H groups in total. The fraction of sp³-hybridized carbons (Fsp3) is 0.867. The van der Waals surface area contributed by atoms with Crippen LogP contribution in [-0.2, 0) is 4.74 Å². The maximum absolute atomic E-state index is 5.84. The monoisotopic (exact) mass is 239 g/mol. The van der Waals surface area contributed by atoms with Crippen molar-refractivity contribution in [3.63, 3.8) is 0 Å². The van der Waals surface area contributed by atoms with Gasteiger partial charge in [-0.15, -0.1) is 0 Å². The van der Waals surface area contributed by atoms with E-state index in [0.29, 0.717) is 12.2 Å². The van der Waals surface area contributed by atoms with Gasteiger partial charge in [0.25, 0.3) is 0 Å². The third-order valence-corrected chi connectivity index (χ3v) is 3.16. The van der Waals surface area contributed by atoms with E-state index in [9.17, 15) is 0 Å². The fourth-order valence-electron chi connectivity index (χ4n) is 2.24. The van der Waals surface area contributed by atoms with Crippen molar-refractivity contribution in [1.29, 1.82) is 0 Å². The second-order valence-electron chi connectivity index (χ2n) is 6.37. The lowest BCUT2D eigenvalue weighted by molar-refractivity contribution is 0.0563. The van der Waals surface area contributed by atoms with Crippen molar-refractivity contribution in [2.24, 2.45) is 0 Å². The average Bonchev–Trinajstić information content (AvgIpc) is 2.57. The van der Waals surface area contributed by atoms with Crippen LogP contribution in [0.2, 0.25) is 0 Å². The van der Waals surface area contributed by atoms with Crippen LogP contribution in [-0.4, -0.2) is 24.3 Å². The van der Waals surface area contributed by atoms with Crippen LogP contribution in [0.15, 0.2) is 11.6 Å². The predicted octanol–water partition coefficient (Wildman–Crippen LogP) is 3.67. The summed E-state index contributed by atoms with van der Waals surface area (Å²) in [7, 11) is 0. The smallest absolute Gasteiger partial charge is 0.0616 e. The SMILES string of the molecule is CC(=CCCNC(C)(C)C)CC1CCC(C)O1. The molecule has 2 nitrogen and oxygen atoms in total. The first-order chi connectivity index (χ1) is 7.87. The molecule has 0 aromatic carbocycles. The molecule has 0 radical (unpaired) electrons. The minimum Gasteiger partial charge on any atom is -0.375 e. The summed E-state index contributed by atoms with van der Waals surface area (Å²) >= 11 is 0. The third-order valence-electron chi connectivity index (χ3n) is 3.16. The minimum absolute atomic E-state index is 0.228. The number of nitrogens with one attached hydrogen (secondary N) is 1. The van der Waals surface area contributed by atoms with Crippen LogP contribution in [0.4, 0.5) is 0 Å². The summed E-state index contributed by atoms with van der Waals surface area (Å²) in [5.41, 5.74) is 1.70. The van der Waals surface area contributed by atoms with E-state index in [1.165, 1.54) is 18.4 Å². The van der Waals surface area contributed by atoms with Crippen molar-refractivity contribution in [3.8, 4) is 0 Å². The van der Waals surface area contributed by atoms with Gasteiger partial charge in [0.15, 0.2) is 0 Å². The van der Waals surface area contributed by atoms with E-state index in [2.05, 4.69) is 46.0 Å². The number of rotatable bonds is 5. The Balaban J connectivity index is 2.16. The highest BCUT2D eigenvalue weighted by Crippen LogP contribution is 2.24. The quantitative estimate of drug-likeness (QED) is 0.584. The maximum atomic E-state index is 5.84. The van der Waals surface area contributed by atoms with E-state index in [-0.39, 0.29) is 5.54 Å². The molecule has 0 aromatic heterocycles. The Bertz CT molecular complexity index is 252. The molecular formula is C15H29NO. The molecule has 1 saturated heterocycles. The first-order valence-corrected chi connectivity index (χ1v) is 6.93. The Morgan fingerprint density at radius 1 is 1.35 bits per heavy atom. The van der Waals surface area contributed by atoms with Crippen LogP contribution in [0.3, 0.4) is 0 Å². The largest absolute Gasteiger partial charge is 0.375 e. The summed E-state index contributed by atoms with van der Waals surface area (Å²) in [5, 5.41) is 3.50. The second kappa shape index (κ2) is 6.55. The molecule has 0 aliphatic carbocycles. The van der Waals surface area contributed by atoms with Crippen LogP contribution in [0, 0.1) is 0 Å². The van der Waals surface area contributed by atoms with Crippen molar-refractivity contribution in [1.82, 2.24) is 5.32 Å². The van der Waals surface area contributed by atoms with Crippen molar-refractivity contribution in [2.45, 2.75) is 78.0 Å². The van der Waals surface area contributed by atoms with Gasteiger partial charge in [0, 0.05) is 5.54 Å². The summed E-state index contributed by atoms with van der Waals surface area (Å²) in [4.78, 5) is 0. The topological polar surface area (TPSA) is 21.3 Å². The van der Waals surface area contributed by atoms with Gasteiger partial charge in [-0.2, -0.15) is 0 Å². The third kappa shape index (κ3) is 6.85. The molecule has 17 heavy (non-hydrogen) atoms. The van der Waals surface area contributed by atoms with Gasteiger partial charge in [0.1, 0.15) is 0 Å². The fourth-order valence-corrected chi connectivity index (χ4v) is 2.24. The summed E-state index contributed by atoms with van der Waals surface area (Å²) in [6.45, 7) is 12.1. The van der Waals surface area contributed by atoms with Gasteiger partial charge in [-0.05, 0) is 66.8 Å². The normalized spacial score (nSPS) is 26.5. The number of ether oxygens (including phenoxy) is 1. The number of hydrogen-bond acceptors (Lipinski definition) is 2. The van der Waals surface area contributed by atoms with E-state index in [1.54, 1.807) is 0 Å². The second-order valence-corrected chi connectivity index (χ2v) is 6.37. The molecule has 2 heteroatoms. The summed E-state index contributed by atoms with van der Waals surface area (Å²) in [6.07, 6.45) is 7.97. The molecule has 100 valence electrons. The molecule has 0 spiro atoms. The van der Waals surface area contributed by atoms with E-state index < -0.39 is 0 Å². The Hall–Kier alpha value is -0.340. The van der Waals surface area contributed by atoms with Crippen molar-refractivity contribution in [2.75, 3.05) is 6.54 Å². The Morgan fingerprint density at radius 2 is 2.06 bits per heavy atom. The standard InChI is InChI=1S/C15H29NO/c1-12(7-6-10-16-15(3,4)5)11-14-9-8-13(2)17-14/h7,13-14,16H,6,8-11H2,1-5H3. The lowest BCUT2D eigenvalue weighted by atomic mass is 10.1. The van der Waals surface area contributed by atoms with E-state index >= 15 is 0 Å². The van der Waals surface area contributed by atoms with Gasteiger partial charge in [-0.25, -0.2) is 0 Å². The van der Waals surface area contributed by atoms with Crippen molar-refractivity contribution >= 4 is 0 Å². The lowest BCUT2D eigenvalue weighted by Crippen LogP contribution is -2.36. The molecule has 0 bridgehead atoms. The zero-order valence-corrected chi connectivity index (χ0v) is 12.2. The van der Waals surface area contributed by atoms with Crippen LogP contribution in [0.1, 0.15) is 60.3 Å². The van der Waals surface area contributed by atoms with Crippen molar-refractivity contribution in [3.05, 3.63) is 11.6 Å². The zero-order valence-electron chi connectivity index (χ0n) is 12.2. The van der Waals surface area contributed by atoms with Crippen LogP contribution in [0.5, 0.6) is 0 Å². The molecule has 0 aromatic rings. The minimum atomic E-state index is 0.228. The molecule has 1 heterocycles. The highest BCUT2D eigenvalue weighted by Gasteiger charge is 2.21. The van der Waals surface area contributed by atoms with Crippen LogP contribution >= 0.6 is 0 Å². The summed E-state index contributed by atoms with van der Waals surface area (Å²) < 4.78 is 5.84. The van der Waals surface area contributed by atoms with Crippen LogP contribution in [0.25, 0.3) is 0 Å². The predicted molar refractivity (Wildman–Crippen MR) is 74.3 cm³/mol. The molecule has 1 aliphatic rings. The zero-order chi connectivity index (χ0) is 12.9. The summed E-state index contributed by atoms with van der Waals surface area (Å²) in [5.74, 6) is 0. The molecule has 1 fully saturated rings. The van der Waals surface area contributed by atoms with E-state index in [0.717, 1.165) is 19.4 Å². The van der Waals surface area contributed by atoms with E-state index in [4.69, 9.17) is 4.74 Å². The van der Waals surface area contributed by atoms with Gasteiger partial charge in [0.2, 0.25) is 0 Å². The molecule has 2 atom stereocenters. The van der Waals surface area contributed by atoms with Gasteiger partial charge in [-0.3, -0.25) is 0 Å². The Kier molecular flexibility index (Phi) is 5.68. The van der Waals surface area contributed by atoms with Gasteiger partial charge in [0.05, 0.1) is 12.2 Å². The molecule has 2 unspecified atom stereocenters. The van der Waals surface area contributed by atoms with Crippen LogP contribution < -0.4 is 5.32 Å².